The van der Waals surface area contributed by atoms with Crippen LogP contribution in [0.2, 0.25) is 0 Å². The Morgan fingerprint density at radius 2 is 1.92 bits per heavy atom. The third-order valence-corrected chi connectivity index (χ3v) is 4.55. The number of benzene rings is 2. The molecule has 3 rings (SSSR count). The number of hydrogen-bond acceptors (Lipinski definition) is 6. The van der Waals surface area contributed by atoms with E-state index in [0.717, 1.165) is 0 Å². The second-order valence-corrected chi connectivity index (χ2v) is 6.63. The summed E-state index contributed by atoms with van der Waals surface area (Å²) in [5.74, 6) is 0.990. The molecule has 0 spiro atoms. The van der Waals surface area contributed by atoms with Crippen LogP contribution in [0.1, 0.15) is 25.3 Å². The first-order valence-corrected chi connectivity index (χ1v) is 8.53. The van der Waals surface area contributed by atoms with E-state index in [4.69, 9.17) is 4.74 Å². The SMILES string of the molecule is CC(C)c1ccc(Oc2ccc(-c3nc(O)cs3)cc2[N+](=O)[O-])cc1. The van der Waals surface area contributed by atoms with E-state index < -0.39 is 4.92 Å². The van der Waals surface area contributed by atoms with E-state index in [1.807, 2.05) is 12.1 Å². The molecule has 0 fully saturated rings. The van der Waals surface area contributed by atoms with Crippen LogP contribution in [-0.2, 0) is 0 Å². The topological polar surface area (TPSA) is 85.5 Å². The van der Waals surface area contributed by atoms with Crippen molar-refractivity contribution in [1.29, 1.82) is 0 Å². The van der Waals surface area contributed by atoms with E-state index in [-0.39, 0.29) is 17.3 Å². The number of aromatic hydroxyl groups is 1. The molecule has 0 amide bonds. The summed E-state index contributed by atoms with van der Waals surface area (Å²) in [6.45, 7) is 4.19. The number of hydrogen-bond donors (Lipinski definition) is 1. The Kier molecular flexibility index (Phi) is 4.67. The molecule has 0 radical (unpaired) electrons. The minimum absolute atomic E-state index is 0.103. The van der Waals surface area contributed by atoms with E-state index in [0.29, 0.717) is 22.2 Å². The molecule has 0 aliphatic carbocycles. The first kappa shape index (κ1) is 16.9. The maximum atomic E-state index is 11.4. The normalized spacial score (nSPS) is 10.8. The summed E-state index contributed by atoms with van der Waals surface area (Å²) >= 11 is 1.21. The molecule has 6 nitrogen and oxygen atoms in total. The Hall–Kier alpha value is -2.93. The Bertz CT molecular complexity index is 904. The zero-order valence-corrected chi connectivity index (χ0v) is 14.5. The smallest absolute Gasteiger partial charge is 0.312 e. The van der Waals surface area contributed by atoms with Crippen molar-refractivity contribution in [3.8, 4) is 28.0 Å². The monoisotopic (exact) mass is 356 g/mol. The van der Waals surface area contributed by atoms with Gasteiger partial charge in [-0.15, -0.1) is 11.3 Å². The van der Waals surface area contributed by atoms with Crippen LogP contribution in [0.3, 0.4) is 0 Å². The van der Waals surface area contributed by atoms with Crippen LogP contribution in [0.15, 0.2) is 47.8 Å². The van der Waals surface area contributed by atoms with Gasteiger partial charge in [-0.1, -0.05) is 26.0 Å². The molecule has 1 N–H and O–H groups in total. The number of rotatable bonds is 5. The van der Waals surface area contributed by atoms with Crippen LogP contribution < -0.4 is 4.74 Å². The number of nitrogens with zero attached hydrogens (tertiary/aromatic N) is 2. The molecule has 25 heavy (non-hydrogen) atoms. The van der Waals surface area contributed by atoms with Crippen LogP contribution in [0.5, 0.6) is 17.4 Å². The van der Waals surface area contributed by atoms with Gasteiger partial charge in [0.25, 0.3) is 0 Å². The molecule has 0 saturated heterocycles. The minimum Gasteiger partial charge on any atom is -0.493 e. The molecule has 0 unspecified atom stereocenters. The number of nitro benzene ring substituents is 1. The molecule has 1 aromatic heterocycles. The van der Waals surface area contributed by atoms with Gasteiger partial charge in [-0.2, -0.15) is 0 Å². The average Bonchev–Trinajstić information content (AvgIpc) is 3.02. The number of thiazole rings is 1. The molecule has 3 aromatic rings. The molecule has 0 bridgehead atoms. The van der Waals surface area contributed by atoms with Gasteiger partial charge >= 0.3 is 5.69 Å². The van der Waals surface area contributed by atoms with E-state index in [9.17, 15) is 15.2 Å². The van der Waals surface area contributed by atoms with Crippen LogP contribution >= 0.6 is 11.3 Å². The molecular weight excluding hydrogens is 340 g/mol. The van der Waals surface area contributed by atoms with Crippen molar-refractivity contribution in [3.63, 3.8) is 0 Å². The van der Waals surface area contributed by atoms with Gasteiger partial charge in [0, 0.05) is 11.6 Å². The van der Waals surface area contributed by atoms with Crippen LogP contribution in [0, 0.1) is 10.1 Å². The molecule has 7 heteroatoms. The lowest BCUT2D eigenvalue weighted by Gasteiger charge is -2.09. The Morgan fingerprint density at radius 3 is 2.48 bits per heavy atom. The number of aromatic nitrogens is 1. The summed E-state index contributed by atoms with van der Waals surface area (Å²) in [4.78, 5) is 14.8. The third-order valence-electron chi connectivity index (χ3n) is 3.67. The van der Waals surface area contributed by atoms with Gasteiger partial charge in [-0.3, -0.25) is 10.1 Å². The average molecular weight is 356 g/mol. The number of nitro groups is 1. The highest BCUT2D eigenvalue weighted by Gasteiger charge is 2.18. The first-order chi connectivity index (χ1) is 11.9. The lowest BCUT2D eigenvalue weighted by Crippen LogP contribution is -1.94. The Balaban J connectivity index is 1.91. The highest BCUT2D eigenvalue weighted by atomic mass is 32.1. The van der Waals surface area contributed by atoms with Crippen molar-refractivity contribution in [2.45, 2.75) is 19.8 Å². The summed E-state index contributed by atoms with van der Waals surface area (Å²) in [6.07, 6.45) is 0. The predicted molar refractivity (Wildman–Crippen MR) is 96.5 cm³/mol. The van der Waals surface area contributed by atoms with Crippen LogP contribution in [-0.4, -0.2) is 15.0 Å². The Labute approximate surface area is 148 Å². The van der Waals surface area contributed by atoms with Crippen molar-refractivity contribution in [2.24, 2.45) is 0 Å². The zero-order valence-electron chi connectivity index (χ0n) is 13.7. The second kappa shape index (κ2) is 6.90. The van der Waals surface area contributed by atoms with Gasteiger partial charge in [0.15, 0.2) is 0 Å². The van der Waals surface area contributed by atoms with E-state index in [1.54, 1.807) is 24.3 Å². The van der Waals surface area contributed by atoms with E-state index in [1.165, 1.54) is 28.3 Å². The Morgan fingerprint density at radius 1 is 1.20 bits per heavy atom. The van der Waals surface area contributed by atoms with Crippen molar-refractivity contribution < 1.29 is 14.8 Å². The summed E-state index contributed by atoms with van der Waals surface area (Å²) in [6, 6.07) is 12.1. The standard InChI is InChI=1S/C18H16N2O4S/c1-11(2)12-3-6-14(7-4-12)24-16-8-5-13(9-15(16)20(22)23)18-19-17(21)10-25-18/h3-11,21H,1-2H3. The highest BCUT2D eigenvalue weighted by Crippen LogP contribution is 2.36. The highest BCUT2D eigenvalue weighted by molar-refractivity contribution is 7.13. The second-order valence-electron chi connectivity index (χ2n) is 5.78. The first-order valence-electron chi connectivity index (χ1n) is 7.65. The molecule has 128 valence electrons. The van der Waals surface area contributed by atoms with Gasteiger partial charge in [-0.25, -0.2) is 4.98 Å². The fourth-order valence-corrected chi connectivity index (χ4v) is 3.00. The molecule has 1 heterocycles. The van der Waals surface area contributed by atoms with Crippen LogP contribution in [0.25, 0.3) is 10.6 Å². The summed E-state index contributed by atoms with van der Waals surface area (Å²) in [5.41, 5.74) is 1.57. The maximum Gasteiger partial charge on any atom is 0.312 e. The van der Waals surface area contributed by atoms with E-state index in [2.05, 4.69) is 18.8 Å². The maximum absolute atomic E-state index is 11.4. The quantitative estimate of drug-likeness (QED) is 0.492. The zero-order chi connectivity index (χ0) is 18.0. The van der Waals surface area contributed by atoms with Gasteiger partial charge in [0.1, 0.15) is 10.8 Å². The lowest BCUT2D eigenvalue weighted by molar-refractivity contribution is -0.385. The van der Waals surface area contributed by atoms with E-state index >= 15 is 0 Å². The third kappa shape index (κ3) is 3.77. The molecule has 0 atom stereocenters. The minimum atomic E-state index is -0.491. The molecular formula is C18H16N2O4S. The summed E-state index contributed by atoms with van der Waals surface area (Å²) in [7, 11) is 0. The molecule has 0 aliphatic rings. The van der Waals surface area contributed by atoms with Gasteiger partial charge in [0.05, 0.1) is 10.3 Å². The molecule has 0 aliphatic heterocycles. The van der Waals surface area contributed by atoms with Gasteiger partial charge < -0.3 is 9.84 Å². The fourth-order valence-electron chi connectivity index (χ4n) is 2.32. The van der Waals surface area contributed by atoms with Gasteiger partial charge in [-0.05, 0) is 35.7 Å². The van der Waals surface area contributed by atoms with Crippen molar-refractivity contribution >= 4 is 17.0 Å². The molecule has 0 saturated carbocycles. The predicted octanol–water partition coefficient (Wildman–Crippen LogP) is 5.34. The lowest BCUT2D eigenvalue weighted by atomic mass is 10.0. The summed E-state index contributed by atoms with van der Waals surface area (Å²) < 4.78 is 5.69. The van der Waals surface area contributed by atoms with Gasteiger partial charge in [0.2, 0.25) is 11.6 Å². The van der Waals surface area contributed by atoms with Crippen molar-refractivity contribution in [1.82, 2.24) is 4.98 Å². The molecule has 2 aromatic carbocycles. The van der Waals surface area contributed by atoms with Crippen molar-refractivity contribution in [3.05, 3.63) is 63.5 Å². The number of ether oxygens (including phenoxy) is 1. The summed E-state index contributed by atoms with van der Waals surface area (Å²) in [5, 5.41) is 22.7. The van der Waals surface area contributed by atoms with Crippen LogP contribution in [0.4, 0.5) is 5.69 Å². The van der Waals surface area contributed by atoms with Crippen molar-refractivity contribution in [2.75, 3.05) is 0 Å². The fraction of sp³-hybridized carbons (Fsp3) is 0.167. The largest absolute Gasteiger partial charge is 0.493 e.